The van der Waals surface area contributed by atoms with Gasteiger partial charge in [-0.25, -0.2) is 0 Å². The number of likely N-dealkylation sites (tertiary alicyclic amines) is 1. The molecule has 8 atom stereocenters. The fourth-order valence-corrected chi connectivity index (χ4v) is 10.7. The van der Waals surface area contributed by atoms with E-state index in [1.54, 1.807) is 14.2 Å². The number of hydrogen-bond donors (Lipinski definition) is 3. The molecule has 2 aromatic carbocycles. The highest BCUT2D eigenvalue weighted by atomic mass is 16.6. The van der Waals surface area contributed by atoms with E-state index in [1.165, 1.54) is 24.0 Å². The van der Waals surface area contributed by atoms with E-state index in [9.17, 15) is 15.3 Å². The molecule has 5 fully saturated rings. The van der Waals surface area contributed by atoms with Crippen molar-refractivity contribution in [3.63, 3.8) is 0 Å². The van der Waals surface area contributed by atoms with Crippen molar-refractivity contribution >= 4 is 0 Å². The van der Waals surface area contributed by atoms with Crippen molar-refractivity contribution in [1.29, 1.82) is 0 Å². The second-order valence-electron chi connectivity index (χ2n) is 13.9. The maximum absolute atomic E-state index is 12.9. The van der Waals surface area contributed by atoms with Crippen LogP contribution >= 0.6 is 0 Å². The van der Waals surface area contributed by atoms with E-state index >= 15 is 0 Å². The Morgan fingerprint density at radius 1 is 1.10 bits per heavy atom. The highest BCUT2D eigenvalue weighted by molar-refractivity contribution is 5.64. The van der Waals surface area contributed by atoms with Gasteiger partial charge in [-0.05, 0) is 74.6 Å². The third-order valence-electron chi connectivity index (χ3n) is 12.5. The second kappa shape index (κ2) is 8.93. The summed E-state index contributed by atoms with van der Waals surface area (Å²) in [6.07, 6.45) is 5.94. The van der Waals surface area contributed by atoms with E-state index in [0.717, 1.165) is 68.2 Å². The maximum atomic E-state index is 12.9. The highest BCUT2D eigenvalue weighted by Crippen LogP contribution is 2.78. The molecular weight excluding hydrogens is 518 g/mol. The minimum absolute atomic E-state index is 0.0388. The van der Waals surface area contributed by atoms with Crippen molar-refractivity contribution in [2.24, 2.45) is 17.3 Å². The van der Waals surface area contributed by atoms with Gasteiger partial charge < -0.3 is 29.5 Å². The zero-order valence-electron chi connectivity index (χ0n) is 24.2. The summed E-state index contributed by atoms with van der Waals surface area (Å²) in [5, 5.41) is 33.7. The SMILES string of the molecule is COc1ccc2c3c1O[C@H]1[C@@]4(OC)CC[C@@]5(C[C@@H]4[C@](O)(CC(O)CO)c4ccccc4)[C@@H](C2)N(CC2CC2)CC[C@]315. The number of nitrogens with zero attached hydrogens (tertiary/aromatic N) is 1. The van der Waals surface area contributed by atoms with Crippen molar-refractivity contribution in [3.8, 4) is 11.5 Å². The first-order chi connectivity index (χ1) is 19.9. The Balaban J connectivity index is 1.35. The van der Waals surface area contributed by atoms with Crippen LogP contribution in [0.4, 0.5) is 0 Å². The van der Waals surface area contributed by atoms with Crippen molar-refractivity contribution in [2.75, 3.05) is 33.9 Å². The van der Waals surface area contributed by atoms with Gasteiger partial charge >= 0.3 is 0 Å². The molecule has 1 saturated heterocycles. The predicted molar refractivity (Wildman–Crippen MR) is 153 cm³/mol. The number of piperidine rings is 1. The van der Waals surface area contributed by atoms with Crippen molar-refractivity contribution in [3.05, 3.63) is 59.2 Å². The molecule has 7 heteroatoms. The van der Waals surface area contributed by atoms with Crippen LogP contribution < -0.4 is 9.47 Å². The minimum Gasteiger partial charge on any atom is -0.493 e. The number of aliphatic hydroxyl groups is 3. The lowest BCUT2D eigenvalue weighted by Gasteiger charge is -2.75. The maximum Gasteiger partial charge on any atom is 0.165 e. The summed E-state index contributed by atoms with van der Waals surface area (Å²) in [7, 11) is 3.50. The smallest absolute Gasteiger partial charge is 0.165 e. The van der Waals surface area contributed by atoms with E-state index in [2.05, 4.69) is 17.0 Å². The van der Waals surface area contributed by atoms with Gasteiger partial charge in [-0.2, -0.15) is 0 Å². The molecule has 7 nitrogen and oxygen atoms in total. The summed E-state index contributed by atoms with van der Waals surface area (Å²) >= 11 is 0. The van der Waals surface area contributed by atoms with Crippen LogP contribution in [-0.4, -0.2) is 78.0 Å². The molecule has 1 unspecified atom stereocenters. The summed E-state index contributed by atoms with van der Waals surface area (Å²) in [4.78, 5) is 2.79. The summed E-state index contributed by atoms with van der Waals surface area (Å²) in [6, 6.07) is 14.4. The van der Waals surface area contributed by atoms with Gasteiger partial charge in [-0.15, -0.1) is 0 Å². The zero-order chi connectivity index (χ0) is 28.2. The van der Waals surface area contributed by atoms with Crippen LogP contribution in [0, 0.1) is 17.3 Å². The Kier molecular flexibility index (Phi) is 5.76. The fraction of sp³-hybridized carbons (Fsp3) is 0.647. The topological polar surface area (TPSA) is 91.6 Å². The molecule has 5 aliphatic carbocycles. The third-order valence-corrected chi connectivity index (χ3v) is 12.5. The van der Waals surface area contributed by atoms with Gasteiger partial charge in [-0.3, -0.25) is 4.90 Å². The van der Waals surface area contributed by atoms with Crippen molar-refractivity contribution in [1.82, 2.24) is 4.90 Å². The third kappa shape index (κ3) is 3.22. The van der Waals surface area contributed by atoms with Crippen LogP contribution in [0.2, 0.25) is 0 Å². The number of fused-ring (bicyclic) bond motifs is 2. The monoisotopic (exact) mass is 561 g/mol. The van der Waals surface area contributed by atoms with E-state index < -0.39 is 23.9 Å². The Hall–Kier alpha value is -2.16. The standard InChI is InChI=1S/C34H43NO6/c1-39-25-11-10-22-16-27-31-12-13-34(40-2,26(18-31)33(38,17-24(37)20-36)23-6-4-3-5-7-23)30-32(31,28(22)29(25)41-30)14-15-35(27)19-21-8-9-21/h3-7,10-11,21,24,26-27,30,36-38H,8-9,12-20H2,1-2H3/t24?,26-,27-,30-,31-,32+,33+,34-/m1/s1. The molecule has 0 aromatic heterocycles. The summed E-state index contributed by atoms with van der Waals surface area (Å²) in [6.45, 7) is 1.80. The van der Waals surface area contributed by atoms with E-state index in [0.29, 0.717) is 6.04 Å². The highest BCUT2D eigenvalue weighted by Gasteiger charge is 2.82. The van der Waals surface area contributed by atoms with E-state index in [4.69, 9.17) is 14.2 Å². The number of methoxy groups -OCH3 is 2. The first-order valence-electron chi connectivity index (χ1n) is 15.6. The van der Waals surface area contributed by atoms with Crippen LogP contribution in [0.1, 0.15) is 61.6 Å². The van der Waals surface area contributed by atoms with E-state index in [1.807, 2.05) is 30.3 Å². The number of ether oxygens (including phenoxy) is 3. The Bertz CT molecular complexity index is 1350. The van der Waals surface area contributed by atoms with Gasteiger partial charge in [0, 0.05) is 48.4 Å². The van der Waals surface area contributed by atoms with Gasteiger partial charge in [0.05, 0.1) is 25.4 Å². The molecule has 0 amide bonds. The largest absolute Gasteiger partial charge is 0.493 e. The van der Waals surface area contributed by atoms with Crippen molar-refractivity contribution < 1.29 is 29.5 Å². The fourth-order valence-electron chi connectivity index (χ4n) is 10.7. The lowest BCUT2D eigenvalue weighted by Crippen LogP contribution is -2.82. The lowest BCUT2D eigenvalue weighted by molar-refractivity contribution is -0.309. The normalized spacial score (nSPS) is 38.6. The molecule has 2 heterocycles. The Morgan fingerprint density at radius 2 is 1.90 bits per heavy atom. The zero-order valence-corrected chi connectivity index (χ0v) is 24.2. The molecular formula is C34H43NO6. The predicted octanol–water partition coefficient (Wildman–Crippen LogP) is 3.55. The molecule has 220 valence electrons. The summed E-state index contributed by atoms with van der Waals surface area (Å²) in [5.41, 5.74) is 0.971. The average molecular weight is 562 g/mol. The number of hydrogen-bond acceptors (Lipinski definition) is 7. The number of rotatable bonds is 9. The lowest BCUT2D eigenvalue weighted by atomic mass is 9.33. The second-order valence-corrected chi connectivity index (χ2v) is 13.9. The molecule has 0 radical (unpaired) electrons. The summed E-state index contributed by atoms with van der Waals surface area (Å²) in [5.74, 6) is 2.11. The van der Waals surface area contributed by atoms with Gasteiger partial charge in [0.2, 0.25) is 0 Å². The van der Waals surface area contributed by atoms with Crippen molar-refractivity contribution in [2.45, 2.75) is 86.2 Å². The Morgan fingerprint density at radius 3 is 2.61 bits per heavy atom. The molecule has 2 spiro atoms. The van der Waals surface area contributed by atoms with Gasteiger partial charge in [0.25, 0.3) is 0 Å². The molecule has 4 bridgehead atoms. The van der Waals surface area contributed by atoms with Gasteiger partial charge in [0.15, 0.2) is 11.5 Å². The molecule has 41 heavy (non-hydrogen) atoms. The molecule has 3 N–H and O–H groups in total. The first-order valence-corrected chi connectivity index (χ1v) is 15.6. The number of benzene rings is 2. The molecule has 9 rings (SSSR count). The quantitative estimate of drug-likeness (QED) is 0.431. The van der Waals surface area contributed by atoms with Crippen LogP contribution in [0.15, 0.2) is 42.5 Å². The van der Waals surface area contributed by atoms with Gasteiger partial charge in [0.1, 0.15) is 11.7 Å². The first kappa shape index (κ1) is 26.5. The average Bonchev–Trinajstić information content (AvgIpc) is 3.75. The molecule has 2 aliphatic heterocycles. The Labute approximate surface area is 242 Å². The molecule has 7 aliphatic rings. The minimum atomic E-state index is -1.41. The summed E-state index contributed by atoms with van der Waals surface area (Å²) < 4.78 is 19.7. The van der Waals surface area contributed by atoms with Crippen LogP contribution in [0.3, 0.4) is 0 Å². The number of aliphatic hydroxyl groups excluding tert-OH is 2. The van der Waals surface area contributed by atoms with Crippen LogP contribution in [-0.2, 0) is 22.2 Å². The van der Waals surface area contributed by atoms with Crippen LogP contribution in [0.25, 0.3) is 0 Å². The molecule has 2 aromatic rings. The molecule has 4 saturated carbocycles. The van der Waals surface area contributed by atoms with Crippen LogP contribution in [0.5, 0.6) is 11.5 Å². The van der Waals surface area contributed by atoms with Gasteiger partial charge in [-0.1, -0.05) is 36.4 Å². The van der Waals surface area contributed by atoms with E-state index in [-0.39, 0.29) is 29.3 Å².